The second-order valence-corrected chi connectivity index (χ2v) is 4.68. The Balaban J connectivity index is 2.67. The van der Waals surface area contributed by atoms with E-state index in [9.17, 15) is 0 Å². The van der Waals surface area contributed by atoms with Gasteiger partial charge in [0.25, 0.3) is 0 Å². The quantitative estimate of drug-likeness (QED) is 0.487. The summed E-state index contributed by atoms with van der Waals surface area (Å²) in [5.74, 6) is 0.822. The predicted octanol–water partition coefficient (Wildman–Crippen LogP) is 5.56. The van der Waals surface area contributed by atoms with Crippen LogP contribution in [0.1, 0.15) is 38.7 Å². The van der Waals surface area contributed by atoms with Crippen molar-refractivity contribution in [2.75, 3.05) is 6.61 Å². The van der Waals surface area contributed by atoms with Gasteiger partial charge in [0, 0.05) is 10.6 Å². The Morgan fingerprint density at radius 3 is 2.65 bits per heavy atom. The summed E-state index contributed by atoms with van der Waals surface area (Å²) in [5, 5.41) is 1.27. The molecule has 0 fully saturated rings. The minimum Gasteiger partial charge on any atom is -0.493 e. The highest BCUT2D eigenvalue weighted by atomic mass is 35.5. The maximum Gasteiger partial charge on any atom is 0.123 e. The Labute approximate surface area is 113 Å². The van der Waals surface area contributed by atoms with Crippen LogP contribution in [-0.2, 0) is 4.74 Å². The van der Waals surface area contributed by atoms with E-state index >= 15 is 0 Å². The van der Waals surface area contributed by atoms with Crippen molar-refractivity contribution < 1.29 is 4.74 Å². The Morgan fingerprint density at radius 2 is 2.06 bits per heavy atom. The lowest BCUT2D eigenvalue weighted by atomic mass is 10.2. The lowest BCUT2D eigenvalue weighted by Crippen LogP contribution is -1.95. The van der Waals surface area contributed by atoms with E-state index in [1.165, 1.54) is 12.8 Å². The van der Waals surface area contributed by atoms with E-state index in [0.717, 1.165) is 24.4 Å². The molecule has 0 saturated carbocycles. The number of hydrogen-bond acceptors (Lipinski definition) is 1. The number of benzene rings is 1. The molecule has 0 heterocycles. The van der Waals surface area contributed by atoms with Crippen LogP contribution in [0.2, 0.25) is 10.0 Å². The zero-order chi connectivity index (χ0) is 12.7. The third-order valence-corrected chi connectivity index (χ3v) is 3.01. The Hall–Kier alpha value is -0.660. The maximum absolute atomic E-state index is 6.14. The molecule has 0 aromatic heterocycles. The van der Waals surface area contributed by atoms with Crippen molar-refractivity contribution in [3.8, 4) is 0 Å². The topological polar surface area (TPSA) is 9.23 Å². The number of halogens is 2. The van der Waals surface area contributed by atoms with Gasteiger partial charge in [0.1, 0.15) is 5.76 Å². The van der Waals surface area contributed by atoms with E-state index in [1.54, 1.807) is 6.07 Å². The van der Waals surface area contributed by atoms with Gasteiger partial charge in [-0.25, -0.2) is 0 Å². The monoisotopic (exact) mass is 272 g/mol. The van der Waals surface area contributed by atoms with Crippen LogP contribution < -0.4 is 0 Å². The van der Waals surface area contributed by atoms with Gasteiger partial charge in [0.05, 0.1) is 11.6 Å². The highest BCUT2D eigenvalue weighted by Crippen LogP contribution is 2.27. The molecule has 1 aromatic carbocycles. The molecule has 0 saturated heterocycles. The smallest absolute Gasteiger partial charge is 0.123 e. The molecule has 0 aliphatic carbocycles. The molecule has 0 atom stereocenters. The average molecular weight is 273 g/mol. The molecule has 1 nitrogen and oxygen atoms in total. The summed E-state index contributed by atoms with van der Waals surface area (Å²) in [6.45, 7) is 4.85. The van der Waals surface area contributed by atoms with Gasteiger partial charge in [0.2, 0.25) is 0 Å². The number of hydrogen-bond donors (Lipinski definition) is 0. The van der Waals surface area contributed by atoms with Crippen molar-refractivity contribution in [2.45, 2.75) is 33.1 Å². The fourth-order valence-electron chi connectivity index (χ4n) is 1.54. The van der Waals surface area contributed by atoms with Crippen LogP contribution in [0.4, 0.5) is 0 Å². The summed E-state index contributed by atoms with van der Waals surface area (Å²) in [5.41, 5.74) is 0.898. The number of ether oxygens (including phenoxy) is 1. The van der Waals surface area contributed by atoms with E-state index in [4.69, 9.17) is 27.9 Å². The Kier molecular flexibility index (Phi) is 6.46. The molecule has 17 heavy (non-hydrogen) atoms. The summed E-state index contributed by atoms with van der Waals surface area (Å²) in [6, 6.07) is 5.44. The molecule has 0 spiro atoms. The van der Waals surface area contributed by atoms with E-state index in [0.29, 0.717) is 10.0 Å². The number of allylic oxidation sites excluding steroid dienone is 1. The van der Waals surface area contributed by atoms with Crippen LogP contribution in [0.25, 0.3) is 5.76 Å². The zero-order valence-corrected chi connectivity index (χ0v) is 11.8. The molecule has 1 rings (SSSR count). The SMILES string of the molecule is CC=C(OCCCCC)c1ccc(Cl)cc1Cl. The first-order valence-corrected chi connectivity index (χ1v) is 6.69. The molecule has 0 aliphatic rings. The van der Waals surface area contributed by atoms with E-state index < -0.39 is 0 Å². The van der Waals surface area contributed by atoms with Gasteiger partial charge >= 0.3 is 0 Å². The van der Waals surface area contributed by atoms with Crippen molar-refractivity contribution in [3.63, 3.8) is 0 Å². The van der Waals surface area contributed by atoms with Crippen molar-refractivity contribution in [3.05, 3.63) is 39.9 Å². The molecule has 0 unspecified atom stereocenters. The summed E-state index contributed by atoms with van der Waals surface area (Å²) in [4.78, 5) is 0. The van der Waals surface area contributed by atoms with Crippen LogP contribution in [0.5, 0.6) is 0 Å². The first-order valence-electron chi connectivity index (χ1n) is 5.93. The lowest BCUT2D eigenvalue weighted by Gasteiger charge is -2.11. The van der Waals surface area contributed by atoms with E-state index in [-0.39, 0.29) is 0 Å². The Morgan fingerprint density at radius 1 is 1.29 bits per heavy atom. The van der Waals surface area contributed by atoms with Gasteiger partial charge in [0.15, 0.2) is 0 Å². The average Bonchev–Trinajstić information content (AvgIpc) is 2.31. The molecule has 0 radical (unpaired) electrons. The Bertz CT molecular complexity index is 386. The van der Waals surface area contributed by atoms with Crippen LogP contribution in [-0.4, -0.2) is 6.61 Å². The number of unbranched alkanes of at least 4 members (excludes halogenated alkanes) is 2. The number of rotatable bonds is 6. The molecule has 1 aromatic rings. The third-order valence-electron chi connectivity index (χ3n) is 2.46. The van der Waals surface area contributed by atoms with Crippen LogP contribution in [0, 0.1) is 0 Å². The minimum absolute atomic E-state index is 0.626. The van der Waals surface area contributed by atoms with E-state index in [2.05, 4.69) is 6.92 Å². The first kappa shape index (κ1) is 14.4. The van der Waals surface area contributed by atoms with Crippen LogP contribution in [0.15, 0.2) is 24.3 Å². The fourth-order valence-corrected chi connectivity index (χ4v) is 2.04. The summed E-state index contributed by atoms with van der Waals surface area (Å²) in [6.07, 6.45) is 5.38. The second-order valence-electron chi connectivity index (χ2n) is 3.83. The largest absolute Gasteiger partial charge is 0.493 e. The molecule has 0 N–H and O–H groups in total. The van der Waals surface area contributed by atoms with Gasteiger partial charge < -0.3 is 4.74 Å². The van der Waals surface area contributed by atoms with Gasteiger partial charge in [-0.2, -0.15) is 0 Å². The zero-order valence-electron chi connectivity index (χ0n) is 10.3. The molecule has 0 amide bonds. The highest BCUT2D eigenvalue weighted by molar-refractivity contribution is 6.35. The molecule has 94 valence electrons. The van der Waals surface area contributed by atoms with Crippen molar-refractivity contribution in [1.29, 1.82) is 0 Å². The van der Waals surface area contributed by atoms with Crippen LogP contribution >= 0.6 is 23.2 Å². The maximum atomic E-state index is 6.14. The van der Waals surface area contributed by atoms with Crippen molar-refractivity contribution in [1.82, 2.24) is 0 Å². The normalized spacial score (nSPS) is 11.6. The molecule has 0 bridgehead atoms. The van der Waals surface area contributed by atoms with Crippen molar-refractivity contribution >= 4 is 29.0 Å². The predicted molar refractivity (Wildman–Crippen MR) is 75.6 cm³/mol. The van der Waals surface area contributed by atoms with E-state index in [1.807, 2.05) is 25.1 Å². The molecule has 3 heteroatoms. The summed E-state index contributed by atoms with van der Waals surface area (Å²) in [7, 11) is 0. The molecular formula is C14H18Cl2O. The molecular weight excluding hydrogens is 255 g/mol. The third kappa shape index (κ3) is 4.61. The van der Waals surface area contributed by atoms with Crippen LogP contribution in [0.3, 0.4) is 0 Å². The highest BCUT2D eigenvalue weighted by Gasteiger charge is 2.07. The van der Waals surface area contributed by atoms with Gasteiger partial charge in [-0.05, 0) is 37.6 Å². The second kappa shape index (κ2) is 7.62. The summed E-state index contributed by atoms with van der Waals surface area (Å²) >= 11 is 12.0. The summed E-state index contributed by atoms with van der Waals surface area (Å²) < 4.78 is 5.73. The minimum atomic E-state index is 0.626. The van der Waals surface area contributed by atoms with Gasteiger partial charge in [-0.15, -0.1) is 0 Å². The van der Waals surface area contributed by atoms with Gasteiger partial charge in [-0.1, -0.05) is 43.0 Å². The molecule has 0 aliphatic heterocycles. The fraction of sp³-hybridized carbons (Fsp3) is 0.429. The van der Waals surface area contributed by atoms with Gasteiger partial charge in [-0.3, -0.25) is 0 Å². The van der Waals surface area contributed by atoms with Crippen molar-refractivity contribution in [2.24, 2.45) is 0 Å². The first-order chi connectivity index (χ1) is 8.19. The standard InChI is InChI=1S/C14H18Cl2O/c1-3-5-6-9-17-14(4-2)12-8-7-11(15)10-13(12)16/h4,7-8,10H,3,5-6,9H2,1-2H3. The lowest BCUT2D eigenvalue weighted by molar-refractivity contribution is 0.267.